The van der Waals surface area contributed by atoms with E-state index < -0.39 is 0 Å². The van der Waals surface area contributed by atoms with E-state index in [1.54, 1.807) is 30.3 Å². The van der Waals surface area contributed by atoms with Crippen LogP contribution in [0.25, 0.3) is 0 Å². The maximum absolute atomic E-state index is 12.0. The number of aryl methyl sites for hydroxylation is 1. The van der Waals surface area contributed by atoms with Gasteiger partial charge in [-0.3, -0.25) is 4.79 Å². The minimum absolute atomic E-state index is 0.0130. The van der Waals surface area contributed by atoms with E-state index in [1.165, 1.54) is 0 Å². The van der Waals surface area contributed by atoms with Gasteiger partial charge in [0.05, 0.1) is 5.56 Å². The molecular formula is C16H17N3OS. The summed E-state index contributed by atoms with van der Waals surface area (Å²) in [6.07, 6.45) is 0. The van der Waals surface area contributed by atoms with E-state index in [-0.39, 0.29) is 5.91 Å². The fourth-order valence-electron chi connectivity index (χ4n) is 1.92. The van der Waals surface area contributed by atoms with Crippen molar-refractivity contribution in [2.24, 2.45) is 0 Å². The third kappa shape index (κ3) is 3.61. The molecule has 1 heterocycles. The third-order valence-electron chi connectivity index (χ3n) is 3.13. The van der Waals surface area contributed by atoms with E-state index in [1.807, 2.05) is 36.6 Å². The zero-order chi connectivity index (χ0) is 15.4. The standard InChI is InChI=1S/C16H17N3OS/c1-11-4-5-13(16(20)19(2)3)7-15(11)18-9-14-6-12(8-17)10-21-14/h4-7,10,18H,9H2,1-3H3. The molecule has 0 aliphatic rings. The molecule has 0 atom stereocenters. The number of carbonyl (C=O) groups excluding carboxylic acids is 1. The molecule has 0 saturated carbocycles. The van der Waals surface area contributed by atoms with Gasteiger partial charge in [-0.2, -0.15) is 5.26 Å². The van der Waals surface area contributed by atoms with Crippen molar-refractivity contribution >= 4 is 22.9 Å². The van der Waals surface area contributed by atoms with Crippen molar-refractivity contribution in [1.82, 2.24) is 4.90 Å². The number of nitriles is 1. The lowest BCUT2D eigenvalue weighted by molar-refractivity contribution is 0.0827. The summed E-state index contributed by atoms with van der Waals surface area (Å²) in [7, 11) is 3.48. The van der Waals surface area contributed by atoms with Crippen molar-refractivity contribution in [3.63, 3.8) is 0 Å². The Balaban J connectivity index is 2.14. The molecule has 1 aromatic heterocycles. The van der Waals surface area contributed by atoms with Crippen molar-refractivity contribution < 1.29 is 4.79 Å². The number of hydrogen-bond donors (Lipinski definition) is 1. The number of anilines is 1. The van der Waals surface area contributed by atoms with Crippen LogP contribution in [0.2, 0.25) is 0 Å². The fourth-order valence-corrected chi connectivity index (χ4v) is 2.67. The topological polar surface area (TPSA) is 56.1 Å². The summed E-state index contributed by atoms with van der Waals surface area (Å²) in [5, 5.41) is 14.0. The molecule has 2 aromatic rings. The number of amides is 1. The first kappa shape index (κ1) is 15.1. The fraction of sp³-hybridized carbons (Fsp3) is 0.250. The van der Waals surface area contributed by atoms with Crippen LogP contribution >= 0.6 is 11.3 Å². The van der Waals surface area contributed by atoms with Gasteiger partial charge in [0.2, 0.25) is 0 Å². The van der Waals surface area contributed by atoms with Crippen LogP contribution in [-0.2, 0) is 6.54 Å². The molecule has 0 spiro atoms. The second-order valence-corrected chi connectivity index (χ2v) is 5.99. The van der Waals surface area contributed by atoms with Gasteiger partial charge in [0.25, 0.3) is 5.91 Å². The van der Waals surface area contributed by atoms with E-state index in [0.29, 0.717) is 17.7 Å². The van der Waals surface area contributed by atoms with Crippen molar-refractivity contribution in [3.05, 3.63) is 51.2 Å². The SMILES string of the molecule is Cc1ccc(C(=O)N(C)C)cc1NCc1cc(C#N)cs1. The molecule has 0 bridgehead atoms. The predicted molar refractivity (Wildman–Crippen MR) is 85.6 cm³/mol. The highest BCUT2D eigenvalue weighted by molar-refractivity contribution is 7.10. The predicted octanol–water partition coefficient (Wildman–Crippen LogP) is 3.24. The number of carbonyl (C=O) groups is 1. The lowest BCUT2D eigenvalue weighted by atomic mass is 10.1. The first-order valence-corrected chi connectivity index (χ1v) is 7.43. The van der Waals surface area contributed by atoms with E-state index in [9.17, 15) is 4.79 Å². The Hall–Kier alpha value is -2.32. The molecule has 2 rings (SSSR count). The van der Waals surface area contributed by atoms with Gasteiger partial charge >= 0.3 is 0 Å². The van der Waals surface area contributed by atoms with Gasteiger partial charge in [-0.1, -0.05) is 6.07 Å². The van der Waals surface area contributed by atoms with Crippen molar-refractivity contribution in [1.29, 1.82) is 5.26 Å². The van der Waals surface area contributed by atoms with Gasteiger partial charge in [-0.25, -0.2) is 0 Å². The molecule has 21 heavy (non-hydrogen) atoms. The summed E-state index contributed by atoms with van der Waals surface area (Å²) in [6, 6.07) is 9.65. The monoisotopic (exact) mass is 299 g/mol. The molecule has 0 unspecified atom stereocenters. The average Bonchev–Trinajstić information content (AvgIpc) is 2.93. The summed E-state index contributed by atoms with van der Waals surface area (Å²) in [5.74, 6) is -0.0130. The molecular weight excluding hydrogens is 282 g/mol. The Morgan fingerprint density at radius 1 is 1.38 bits per heavy atom. The number of thiophene rings is 1. The molecule has 0 aliphatic heterocycles. The van der Waals surface area contributed by atoms with Gasteiger partial charge in [0, 0.05) is 42.1 Å². The number of nitrogens with zero attached hydrogens (tertiary/aromatic N) is 2. The molecule has 1 aromatic carbocycles. The highest BCUT2D eigenvalue weighted by Crippen LogP contribution is 2.20. The van der Waals surface area contributed by atoms with E-state index in [4.69, 9.17) is 5.26 Å². The first-order valence-electron chi connectivity index (χ1n) is 6.55. The summed E-state index contributed by atoms with van der Waals surface area (Å²) in [4.78, 5) is 14.6. The van der Waals surface area contributed by atoms with E-state index in [0.717, 1.165) is 16.1 Å². The van der Waals surface area contributed by atoms with Crippen LogP contribution in [0, 0.1) is 18.3 Å². The van der Waals surface area contributed by atoms with Gasteiger partial charge in [-0.05, 0) is 30.7 Å². The van der Waals surface area contributed by atoms with Gasteiger partial charge in [0.15, 0.2) is 0 Å². The summed E-state index contributed by atoms with van der Waals surface area (Å²) in [5.41, 5.74) is 3.37. The third-order valence-corrected chi connectivity index (χ3v) is 4.06. The molecule has 4 nitrogen and oxygen atoms in total. The normalized spacial score (nSPS) is 10.0. The minimum atomic E-state index is -0.0130. The first-order chi connectivity index (χ1) is 10.0. The van der Waals surface area contributed by atoms with Gasteiger partial charge in [0.1, 0.15) is 6.07 Å². The zero-order valence-corrected chi connectivity index (χ0v) is 13.1. The van der Waals surface area contributed by atoms with Gasteiger partial charge in [-0.15, -0.1) is 11.3 Å². The molecule has 0 fully saturated rings. The quantitative estimate of drug-likeness (QED) is 0.943. The Morgan fingerprint density at radius 2 is 2.14 bits per heavy atom. The lowest BCUT2D eigenvalue weighted by Gasteiger charge is -2.14. The largest absolute Gasteiger partial charge is 0.380 e. The highest BCUT2D eigenvalue weighted by atomic mass is 32.1. The van der Waals surface area contributed by atoms with E-state index in [2.05, 4.69) is 11.4 Å². The number of nitrogens with one attached hydrogen (secondary N) is 1. The Bertz CT molecular complexity index is 698. The minimum Gasteiger partial charge on any atom is -0.380 e. The van der Waals surface area contributed by atoms with E-state index >= 15 is 0 Å². The number of benzene rings is 1. The van der Waals surface area contributed by atoms with Crippen molar-refractivity contribution in [2.45, 2.75) is 13.5 Å². The van der Waals surface area contributed by atoms with Gasteiger partial charge < -0.3 is 10.2 Å². The Morgan fingerprint density at radius 3 is 2.76 bits per heavy atom. The van der Waals surface area contributed by atoms with Crippen molar-refractivity contribution in [3.8, 4) is 6.07 Å². The highest BCUT2D eigenvalue weighted by Gasteiger charge is 2.10. The smallest absolute Gasteiger partial charge is 0.253 e. The molecule has 5 heteroatoms. The second kappa shape index (κ2) is 6.42. The van der Waals surface area contributed by atoms with Crippen molar-refractivity contribution in [2.75, 3.05) is 19.4 Å². The van der Waals surface area contributed by atoms with Crippen LogP contribution < -0.4 is 5.32 Å². The molecule has 1 amide bonds. The van der Waals surface area contributed by atoms with Crippen LogP contribution in [0.1, 0.15) is 26.4 Å². The number of hydrogen-bond acceptors (Lipinski definition) is 4. The van der Waals surface area contributed by atoms with Crippen LogP contribution in [0.5, 0.6) is 0 Å². The molecule has 0 radical (unpaired) electrons. The Kier molecular flexibility index (Phi) is 4.61. The zero-order valence-electron chi connectivity index (χ0n) is 12.3. The number of rotatable bonds is 4. The summed E-state index contributed by atoms with van der Waals surface area (Å²) >= 11 is 1.55. The lowest BCUT2D eigenvalue weighted by Crippen LogP contribution is -2.21. The molecule has 108 valence electrons. The maximum atomic E-state index is 12.0. The van der Waals surface area contributed by atoms with Crippen LogP contribution in [0.4, 0.5) is 5.69 Å². The van der Waals surface area contributed by atoms with Crippen LogP contribution in [0.3, 0.4) is 0 Å². The van der Waals surface area contributed by atoms with Crippen LogP contribution in [0.15, 0.2) is 29.6 Å². The average molecular weight is 299 g/mol. The molecule has 1 N–H and O–H groups in total. The molecule has 0 aliphatic carbocycles. The van der Waals surface area contributed by atoms with Crippen LogP contribution in [-0.4, -0.2) is 24.9 Å². The second-order valence-electron chi connectivity index (χ2n) is 5.00. The molecule has 0 saturated heterocycles. The Labute approximate surface area is 128 Å². The summed E-state index contributed by atoms with van der Waals surface area (Å²) in [6.45, 7) is 2.65. The maximum Gasteiger partial charge on any atom is 0.253 e. The summed E-state index contributed by atoms with van der Waals surface area (Å²) < 4.78 is 0.